The van der Waals surface area contributed by atoms with Crippen LogP contribution in [0.5, 0.6) is 0 Å². The Morgan fingerprint density at radius 1 is 1.09 bits per heavy atom. The molecule has 0 aliphatic rings. The molecule has 0 bridgehead atoms. The number of hydrogen-bond donors (Lipinski definition) is 1. The van der Waals surface area contributed by atoms with Gasteiger partial charge in [-0.3, -0.25) is 0 Å². The molecule has 0 radical (unpaired) electrons. The van der Waals surface area contributed by atoms with Crippen molar-refractivity contribution in [3.8, 4) is 0 Å². The smallest absolute Gasteiger partial charge is 0.0346 e. The molecule has 1 aromatic rings. The normalized spacial score (nSPS) is 8.36. The summed E-state index contributed by atoms with van der Waals surface area (Å²) in [6.45, 7) is 8.09. The summed E-state index contributed by atoms with van der Waals surface area (Å²) in [5, 5.41) is 0. The van der Waals surface area contributed by atoms with Crippen LogP contribution in [-0.4, -0.2) is 0 Å². The predicted octanol–water partition coefficient (Wildman–Crippen LogP) is 2.91. The molecule has 11 heavy (non-hydrogen) atoms. The summed E-state index contributed by atoms with van der Waals surface area (Å²) in [7, 11) is 0. The molecular weight excluding hydrogens is 134 g/mol. The lowest BCUT2D eigenvalue weighted by Gasteiger charge is -2.00. The van der Waals surface area contributed by atoms with Crippen LogP contribution in [0.2, 0.25) is 0 Å². The monoisotopic (exact) mass is 151 g/mol. The lowest BCUT2D eigenvalue weighted by molar-refractivity contribution is 1.35. The minimum Gasteiger partial charge on any atom is -0.399 e. The first-order valence-corrected chi connectivity index (χ1v) is 4.03. The van der Waals surface area contributed by atoms with Gasteiger partial charge >= 0.3 is 0 Å². The largest absolute Gasteiger partial charge is 0.399 e. The van der Waals surface area contributed by atoms with E-state index < -0.39 is 0 Å². The zero-order valence-corrected chi connectivity index (χ0v) is 7.81. The Morgan fingerprint density at radius 3 is 2.00 bits per heavy atom. The molecule has 0 spiro atoms. The van der Waals surface area contributed by atoms with Crippen LogP contribution < -0.4 is 5.73 Å². The molecule has 0 unspecified atom stereocenters. The van der Waals surface area contributed by atoms with Crippen molar-refractivity contribution < 1.29 is 0 Å². The molecule has 0 aromatic heterocycles. The Bertz CT molecular complexity index is 196. The molecule has 0 atom stereocenters. The molecule has 2 N–H and O–H groups in total. The number of nitrogens with two attached hydrogens (primary N) is 1. The molecule has 0 fully saturated rings. The molecule has 1 nitrogen and oxygen atoms in total. The number of nitrogen functional groups attached to an aromatic ring is 1. The number of aryl methyl sites for hydroxylation is 1. The van der Waals surface area contributed by atoms with Crippen molar-refractivity contribution in [2.75, 3.05) is 5.73 Å². The second-order valence-electron chi connectivity index (χ2n) is 2.29. The molecule has 0 heterocycles. The summed E-state index contributed by atoms with van der Waals surface area (Å²) in [5.41, 5.74) is 8.96. The molecule has 1 aromatic carbocycles. The molecule has 0 amide bonds. The highest BCUT2D eigenvalue weighted by Gasteiger charge is 1.92. The summed E-state index contributed by atoms with van der Waals surface area (Å²) in [5.74, 6) is 0. The van der Waals surface area contributed by atoms with E-state index >= 15 is 0 Å². The van der Waals surface area contributed by atoms with Crippen molar-refractivity contribution in [2.24, 2.45) is 0 Å². The fraction of sp³-hybridized carbons (Fsp3) is 0.400. The summed E-state index contributed by atoms with van der Waals surface area (Å²) < 4.78 is 0. The lowest BCUT2D eigenvalue weighted by Crippen LogP contribution is -1.90. The van der Waals surface area contributed by atoms with Crippen LogP contribution in [0, 0.1) is 13.8 Å². The van der Waals surface area contributed by atoms with Gasteiger partial charge in [0.05, 0.1) is 0 Å². The number of anilines is 1. The van der Waals surface area contributed by atoms with Crippen molar-refractivity contribution in [3.63, 3.8) is 0 Å². The van der Waals surface area contributed by atoms with Crippen LogP contribution >= 0.6 is 0 Å². The quantitative estimate of drug-likeness (QED) is 0.567. The third kappa shape index (κ3) is 2.62. The van der Waals surface area contributed by atoms with Gasteiger partial charge in [-0.05, 0) is 31.0 Å². The van der Waals surface area contributed by atoms with Crippen molar-refractivity contribution in [3.05, 3.63) is 29.3 Å². The molecule has 0 saturated carbocycles. The Hall–Kier alpha value is -0.980. The highest BCUT2D eigenvalue weighted by molar-refractivity contribution is 5.49. The maximum absolute atomic E-state index is 5.62. The van der Waals surface area contributed by atoms with E-state index in [2.05, 4.69) is 13.0 Å². The van der Waals surface area contributed by atoms with Crippen molar-refractivity contribution in [1.29, 1.82) is 0 Å². The maximum atomic E-state index is 5.62. The van der Waals surface area contributed by atoms with Gasteiger partial charge in [0.25, 0.3) is 0 Å². The molecular formula is C10H17N. The van der Waals surface area contributed by atoms with Crippen molar-refractivity contribution in [2.45, 2.75) is 27.7 Å². The second kappa shape index (κ2) is 4.78. The van der Waals surface area contributed by atoms with Crippen molar-refractivity contribution in [1.82, 2.24) is 0 Å². The first-order valence-electron chi connectivity index (χ1n) is 4.03. The van der Waals surface area contributed by atoms with E-state index in [1.54, 1.807) is 0 Å². The van der Waals surface area contributed by atoms with E-state index in [0.29, 0.717) is 0 Å². The zero-order valence-electron chi connectivity index (χ0n) is 7.81. The third-order valence-corrected chi connectivity index (χ3v) is 1.65. The summed E-state index contributed by atoms with van der Waals surface area (Å²) in [6, 6.07) is 5.95. The second-order valence-corrected chi connectivity index (χ2v) is 2.29. The van der Waals surface area contributed by atoms with Crippen LogP contribution in [0.3, 0.4) is 0 Å². The standard InChI is InChI=1S/C8H11N.C2H6/c1-6-4-3-5-8(9)7(6)2;1-2/h3-5H,9H2,1-2H3;1-2H3. The van der Waals surface area contributed by atoms with Crippen LogP contribution in [0.4, 0.5) is 5.69 Å². The van der Waals surface area contributed by atoms with Gasteiger partial charge in [-0.25, -0.2) is 0 Å². The molecule has 0 saturated heterocycles. The fourth-order valence-electron chi connectivity index (χ4n) is 0.774. The maximum Gasteiger partial charge on any atom is 0.0346 e. The van der Waals surface area contributed by atoms with Crippen LogP contribution in [0.1, 0.15) is 25.0 Å². The SMILES string of the molecule is CC.Cc1cccc(N)c1C. The topological polar surface area (TPSA) is 26.0 Å². The average molecular weight is 151 g/mol. The average Bonchev–Trinajstić information content (AvgIpc) is 2.04. The van der Waals surface area contributed by atoms with Gasteiger partial charge in [0.15, 0.2) is 0 Å². The zero-order chi connectivity index (χ0) is 8.85. The minimum atomic E-state index is 0.884. The summed E-state index contributed by atoms with van der Waals surface area (Å²) in [4.78, 5) is 0. The van der Waals surface area contributed by atoms with Crippen molar-refractivity contribution >= 4 is 5.69 Å². The van der Waals surface area contributed by atoms with Gasteiger partial charge in [-0.1, -0.05) is 26.0 Å². The third-order valence-electron chi connectivity index (χ3n) is 1.65. The van der Waals surface area contributed by atoms with Gasteiger partial charge in [0, 0.05) is 5.69 Å². The molecule has 1 heteroatoms. The van der Waals surface area contributed by atoms with Gasteiger partial charge in [0.2, 0.25) is 0 Å². The first kappa shape index (κ1) is 10.0. The van der Waals surface area contributed by atoms with Crippen LogP contribution in [-0.2, 0) is 0 Å². The number of rotatable bonds is 0. The fourth-order valence-corrected chi connectivity index (χ4v) is 0.774. The van der Waals surface area contributed by atoms with Crippen LogP contribution in [0.15, 0.2) is 18.2 Å². The number of benzene rings is 1. The van der Waals surface area contributed by atoms with Crippen LogP contribution in [0.25, 0.3) is 0 Å². The van der Waals surface area contributed by atoms with E-state index in [4.69, 9.17) is 5.73 Å². The highest BCUT2D eigenvalue weighted by atomic mass is 14.5. The number of hydrogen-bond acceptors (Lipinski definition) is 1. The Morgan fingerprint density at radius 2 is 1.64 bits per heavy atom. The van der Waals surface area contributed by atoms with Gasteiger partial charge < -0.3 is 5.73 Å². The lowest BCUT2D eigenvalue weighted by atomic mass is 10.1. The van der Waals surface area contributed by atoms with E-state index in [1.165, 1.54) is 11.1 Å². The molecule has 1 rings (SSSR count). The summed E-state index contributed by atoms with van der Waals surface area (Å²) in [6.07, 6.45) is 0. The molecule has 0 aliphatic carbocycles. The van der Waals surface area contributed by atoms with Gasteiger partial charge in [-0.2, -0.15) is 0 Å². The van der Waals surface area contributed by atoms with E-state index in [-0.39, 0.29) is 0 Å². The predicted molar refractivity (Wildman–Crippen MR) is 51.7 cm³/mol. The minimum absolute atomic E-state index is 0.884. The Kier molecular flexibility index (Phi) is 4.35. The van der Waals surface area contributed by atoms with E-state index in [1.807, 2.05) is 32.9 Å². The van der Waals surface area contributed by atoms with Gasteiger partial charge in [-0.15, -0.1) is 0 Å². The highest BCUT2D eigenvalue weighted by Crippen LogP contribution is 2.13. The first-order chi connectivity index (χ1) is 5.22. The van der Waals surface area contributed by atoms with Gasteiger partial charge in [0.1, 0.15) is 0 Å². The Balaban J connectivity index is 0.000000461. The Labute approximate surface area is 69.2 Å². The summed E-state index contributed by atoms with van der Waals surface area (Å²) >= 11 is 0. The molecule has 62 valence electrons. The molecule has 0 aliphatic heterocycles. The van der Waals surface area contributed by atoms with E-state index in [0.717, 1.165) is 5.69 Å². The van der Waals surface area contributed by atoms with E-state index in [9.17, 15) is 0 Å².